The number of furan rings is 1. The first-order valence-corrected chi connectivity index (χ1v) is 13.9. The van der Waals surface area contributed by atoms with Gasteiger partial charge in [0.05, 0.1) is 11.6 Å². The molecule has 1 unspecified atom stereocenters. The fourth-order valence-electron chi connectivity index (χ4n) is 4.13. The van der Waals surface area contributed by atoms with Crippen molar-refractivity contribution in [3.05, 3.63) is 113 Å². The highest BCUT2D eigenvalue weighted by atomic mass is 32.2. The third-order valence-electron chi connectivity index (χ3n) is 6.07. The normalized spacial score (nSPS) is 15.2. The maximum absolute atomic E-state index is 13.5. The number of benzene rings is 2. The lowest BCUT2D eigenvalue weighted by Gasteiger charge is -2.24. The summed E-state index contributed by atoms with van der Waals surface area (Å²) in [5.74, 6) is -0.0934. The van der Waals surface area contributed by atoms with Gasteiger partial charge in [-0.3, -0.25) is 14.5 Å². The number of aryl methyl sites for hydroxylation is 2. The van der Waals surface area contributed by atoms with Gasteiger partial charge in [0.2, 0.25) is 10.9 Å². The molecule has 8 nitrogen and oxygen atoms in total. The van der Waals surface area contributed by atoms with Crippen LogP contribution >= 0.6 is 23.1 Å². The van der Waals surface area contributed by atoms with Crippen LogP contribution in [0.15, 0.2) is 93.4 Å². The molecule has 4 aromatic rings. The van der Waals surface area contributed by atoms with Crippen LogP contribution in [0.4, 0.5) is 5.13 Å². The molecule has 0 fully saturated rings. The molecule has 0 saturated heterocycles. The van der Waals surface area contributed by atoms with Crippen molar-refractivity contribution in [1.82, 2.24) is 10.2 Å². The molecule has 1 atom stereocenters. The number of ketones is 1. The lowest BCUT2D eigenvalue weighted by molar-refractivity contribution is -0.117. The van der Waals surface area contributed by atoms with E-state index >= 15 is 0 Å². The quantitative estimate of drug-likeness (QED) is 0.103. The molecular formula is C29H25N3O5S2. The first-order valence-electron chi connectivity index (χ1n) is 12.1. The minimum Gasteiger partial charge on any atom is -0.503 e. The molecule has 1 N–H and O–H groups in total. The second kappa shape index (κ2) is 11.3. The fraction of sp³-hybridized carbons (Fsp3) is 0.172. The van der Waals surface area contributed by atoms with Gasteiger partial charge in [-0.25, -0.2) is 0 Å². The molecule has 3 heterocycles. The third-order valence-corrected chi connectivity index (χ3v) is 8.19. The molecule has 0 bridgehead atoms. The number of anilines is 1. The van der Waals surface area contributed by atoms with Crippen molar-refractivity contribution in [2.45, 2.75) is 30.0 Å². The van der Waals surface area contributed by atoms with E-state index in [-0.39, 0.29) is 16.5 Å². The lowest BCUT2D eigenvalue weighted by Crippen LogP contribution is -2.31. The van der Waals surface area contributed by atoms with Gasteiger partial charge in [0.15, 0.2) is 15.9 Å². The zero-order chi connectivity index (χ0) is 27.5. The number of hydrogen-bond donors (Lipinski definition) is 1. The van der Waals surface area contributed by atoms with E-state index in [1.165, 1.54) is 39.6 Å². The molecule has 10 heteroatoms. The largest absolute Gasteiger partial charge is 0.503 e. The molecule has 1 amide bonds. The Morgan fingerprint density at radius 2 is 1.87 bits per heavy atom. The van der Waals surface area contributed by atoms with Crippen LogP contribution in [0, 0.1) is 13.8 Å². The van der Waals surface area contributed by atoms with Gasteiger partial charge < -0.3 is 14.3 Å². The highest BCUT2D eigenvalue weighted by Crippen LogP contribution is 2.44. The summed E-state index contributed by atoms with van der Waals surface area (Å²) in [5, 5.41) is 19.7. The third kappa shape index (κ3) is 5.52. The van der Waals surface area contributed by atoms with Crippen molar-refractivity contribution in [2.24, 2.45) is 0 Å². The Labute approximate surface area is 233 Å². The number of nitrogens with zero attached hydrogens (tertiary/aromatic N) is 3. The maximum atomic E-state index is 13.5. The molecule has 1 aliphatic rings. The summed E-state index contributed by atoms with van der Waals surface area (Å²) >= 11 is 2.72. The van der Waals surface area contributed by atoms with Crippen molar-refractivity contribution in [3.63, 3.8) is 0 Å². The summed E-state index contributed by atoms with van der Waals surface area (Å²) in [5.41, 5.74) is 2.83. The molecule has 0 radical (unpaired) electrons. The molecule has 2 aromatic carbocycles. The number of aliphatic hydroxyl groups is 1. The van der Waals surface area contributed by atoms with Crippen LogP contribution < -0.4 is 9.64 Å². The molecule has 39 heavy (non-hydrogen) atoms. The summed E-state index contributed by atoms with van der Waals surface area (Å²) in [6, 6.07) is 17.4. The Morgan fingerprint density at radius 3 is 2.54 bits per heavy atom. The number of carbonyl (C=O) groups excluding carboxylic acids is 2. The first-order chi connectivity index (χ1) is 18.9. The van der Waals surface area contributed by atoms with Crippen LogP contribution in [0.3, 0.4) is 0 Å². The van der Waals surface area contributed by atoms with Gasteiger partial charge in [0, 0.05) is 5.75 Å². The van der Waals surface area contributed by atoms with Gasteiger partial charge in [-0.2, -0.15) is 0 Å². The van der Waals surface area contributed by atoms with Gasteiger partial charge in [0.25, 0.3) is 5.91 Å². The molecule has 5 rings (SSSR count). The zero-order valence-corrected chi connectivity index (χ0v) is 22.9. The van der Waals surface area contributed by atoms with E-state index in [9.17, 15) is 14.7 Å². The Balaban J connectivity index is 1.48. The summed E-state index contributed by atoms with van der Waals surface area (Å²) in [6.45, 7) is 7.74. The van der Waals surface area contributed by atoms with E-state index in [1.807, 2.05) is 6.92 Å². The average Bonchev–Trinajstić information content (AvgIpc) is 3.65. The van der Waals surface area contributed by atoms with Crippen molar-refractivity contribution in [2.75, 3.05) is 11.5 Å². The Kier molecular flexibility index (Phi) is 7.67. The standard InChI is InChI=1S/C29H25N3O5S2/c1-4-15-36-21-12-10-20(11-13-21)24-23(25(33)22-14-7-18(3)37-22)26(34)27(35)32(24)28-30-31-29(39-28)38-16-19-8-5-17(2)6-9-19/h4-14,24,34H,1,15-16H2,2-3H3. The molecule has 2 aromatic heterocycles. The van der Waals surface area contributed by atoms with Gasteiger partial charge in [-0.05, 0) is 49.2 Å². The smallest absolute Gasteiger partial charge is 0.296 e. The Bertz CT molecular complexity index is 1550. The predicted octanol–water partition coefficient (Wildman–Crippen LogP) is 6.39. The number of carbonyl (C=O) groups is 2. The molecule has 1 aliphatic heterocycles. The topological polar surface area (TPSA) is 106 Å². The highest BCUT2D eigenvalue weighted by molar-refractivity contribution is 8.00. The van der Waals surface area contributed by atoms with Crippen molar-refractivity contribution >= 4 is 39.9 Å². The minimum absolute atomic E-state index is 0.0336. The number of aliphatic hydroxyl groups excluding tert-OH is 1. The maximum Gasteiger partial charge on any atom is 0.296 e. The molecule has 198 valence electrons. The molecule has 0 saturated carbocycles. The minimum atomic E-state index is -0.938. The van der Waals surface area contributed by atoms with E-state index in [0.29, 0.717) is 33.8 Å². The summed E-state index contributed by atoms with van der Waals surface area (Å²) < 4.78 is 11.8. The second-order valence-corrected chi connectivity index (χ2v) is 11.1. The van der Waals surface area contributed by atoms with E-state index in [4.69, 9.17) is 9.15 Å². The average molecular weight is 560 g/mol. The summed E-state index contributed by atoms with van der Waals surface area (Å²) in [6.07, 6.45) is 1.64. The van der Waals surface area contributed by atoms with Crippen molar-refractivity contribution < 1.29 is 23.8 Å². The summed E-state index contributed by atoms with van der Waals surface area (Å²) in [4.78, 5) is 28.2. The fourth-order valence-corrected chi connectivity index (χ4v) is 5.95. The number of hydrogen-bond acceptors (Lipinski definition) is 9. The van der Waals surface area contributed by atoms with Gasteiger partial charge in [-0.15, -0.1) is 10.2 Å². The SMILES string of the molecule is C=CCOc1ccc(C2C(C(=O)c3ccc(C)o3)=C(O)C(=O)N2c2nnc(SCc3ccc(C)cc3)s2)cc1. The van der Waals surface area contributed by atoms with Gasteiger partial charge in [-0.1, -0.05) is 77.7 Å². The van der Waals surface area contributed by atoms with Crippen LogP contribution in [-0.4, -0.2) is 33.6 Å². The van der Waals surface area contributed by atoms with E-state index in [1.54, 1.807) is 43.3 Å². The van der Waals surface area contributed by atoms with Crippen LogP contribution in [0.25, 0.3) is 0 Å². The van der Waals surface area contributed by atoms with E-state index < -0.39 is 23.5 Å². The van der Waals surface area contributed by atoms with Gasteiger partial charge >= 0.3 is 0 Å². The number of aromatic nitrogens is 2. The van der Waals surface area contributed by atoms with E-state index in [2.05, 4.69) is 41.0 Å². The molecular weight excluding hydrogens is 534 g/mol. The second-order valence-electron chi connectivity index (χ2n) is 8.87. The number of thioether (sulfide) groups is 1. The first kappa shape index (κ1) is 26.5. The monoisotopic (exact) mass is 559 g/mol. The van der Waals surface area contributed by atoms with Crippen LogP contribution in [0.1, 0.15) is 39.0 Å². The highest BCUT2D eigenvalue weighted by Gasteiger charge is 2.46. The van der Waals surface area contributed by atoms with E-state index in [0.717, 1.165) is 5.56 Å². The molecule has 0 aliphatic carbocycles. The van der Waals surface area contributed by atoms with Crippen LogP contribution in [0.2, 0.25) is 0 Å². The van der Waals surface area contributed by atoms with Crippen LogP contribution in [0.5, 0.6) is 5.75 Å². The van der Waals surface area contributed by atoms with Crippen molar-refractivity contribution in [3.8, 4) is 5.75 Å². The van der Waals surface area contributed by atoms with Gasteiger partial charge in [0.1, 0.15) is 18.1 Å². The number of amides is 1. The predicted molar refractivity (Wildman–Crippen MR) is 150 cm³/mol. The lowest BCUT2D eigenvalue weighted by atomic mass is 9.95. The molecule has 0 spiro atoms. The number of ether oxygens (including phenoxy) is 1. The van der Waals surface area contributed by atoms with Crippen LogP contribution in [-0.2, 0) is 10.5 Å². The number of Topliss-reactive ketones (excluding diaryl/α,β-unsaturated/α-hetero) is 1. The summed E-state index contributed by atoms with van der Waals surface area (Å²) in [7, 11) is 0. The number of rotatable bonds is 10. The Morgan fingerprint density at radius 1 is 1.13 bits per heavy atom. The zero-order valence-electron chi connectivity index (χ0n) is 21.3. The Hall–Kier alpha value is -4.15. The van der Waals surface area contributed by atoms with Crippen molar-refractivity contribution in [1.29, 1.82) is 0 Å².